The van der Waals surface area contributed by atoms with Crippen molar-refractivity contribution >= 4 is 6.09 Å². The lowest BCUT2D eigenvalue weighted by atomic mass is 9.92. The van der Waals surface area contributed by atoms with Crippen LogP contribution >= 0.6 is 0 Å². The Bertz CT molecular complexity index is 1060. The molecule has 3 aromatic carbocycles. The maximum Gasteiger partial charge on any atom is 0.410 e. The van der Waals surface area contributed by atoms with Crippen molar-refractivity contribution < 1.29 is 14.6 Å². The molecule has 1 aliphatic heterocycles. The Labute approximate surface area is 221 Å². The van der Waals surface area contributed by atoms with Crippen molar-refractivity contribution in [2.45, 2.75) is 76.9 Å². The normalized spacial score (nSPS) is 17.5. The van der Waals surface area contributed by atoms with E-state index in [9.17, 15) is 9.90 Å². The van der Waals surface area contributed by atoms with Crippen LogP contribution in [0, 0.1) is 0 Å². The summed E-state index contributed by atoms with van der Waals surface area (Å²) < 4.78 is 5.71. The molecular weight excluding hydrogens is 460 g/mol. The Morgan fingerprint density at radius 3 is 1.86 bits per heavy atom. The molecule has 0 spiro atoms. The highest BCUT2D eigenvalue weighted by Gasteiger charge is 2.41. The minimum Gasteiger partial charge on any atom is -0.444 e. The highest BCUT2D eigenvalue weighted by atomic mass is 16.6. The van der Waals surface area contributed by atoms with Gasteiger partial charge in [-0.3, -0.25) is 4.90 Å². The zero-order chi connectivity index (χ0) is 26.3. The Kier molecular flexibility index (Phi) is 9.01. The van der Waals surface area contributed by atoms with E-state index < -0.39 is 11.7 Å². The molecule has 1 N–H and O–H groups in total. The molecule has 0 aliphatic carbocycles. The molecule has 5 nitrogen and oxygen atoms in total. The molecule has 1 fully saturated rings. The first-order chi connectivity index (χ1) is 17.8. The molecule has 0 aromatic heterocycles. The second-order valence-corrected chi connectivity index (χ2v) is 11.0. The second-order valence-electron chi connectivity index (χ2n) is 11.0. The fourth-order valence-electron chi connectivity index (χ4n) is 5.20. The summed E-state index contributed by atoms with van der Waals surface area (Å²) in [4.78, 5) is 17.2. The van der Waals surface area contributed by atoms with Crippen molar-refractivity contribution in [3.8, 4) is 0 Å². The summed E-state index contributed by atoms with van der Waals surface area (Å²) in [5.41, 5.74) is 2.98. The summed E-state index contributed by atoms with van der Waals surface area (Å²) in [6, 6.07) is 30.6. The molecule has 0 bridgehead atoms. The van der Waals surface area contributed by atoms with E-state index in [0.29, 0.717) is 26.1 Å². The van der Waals surface area contributed by atoms with Crippen LogP contribution in [0.25, 0.3) is 0 Å². The van der Waals surface area contributed by atoms with Gasteiger partial charge >= 0.3 is 6.09 Å². The van der Waals surface area contributed by atoms with Gasteiger partial charge in [-0.15, -0.1) is 0 Å². The minimum atomic E-state index is -0.734. The topological polar surface area (TPSA) is 53.0 Å². The highest BCUT2D eigenvalue weighted by molar-refractivity contribution is 5.69. The van der Waals surface area contributed by atoms with Crippen LogP contribution < -0.4 is 0 Å². The number of hydrogen-bond donors (Lipinski definition) is 1. The molecule has 0 unspecified atom stereocenters. The van der Waals surface area contributed by atoms with Crippen LogP contribution in [0.1, 0.15) is 50.3 Å². The maximum absolute atomic E-state index is 13.1. The van der Waals surface area contributed by atoms with Gasteiger partial charge in [0, 0.05) is 25.7 Å². The zero-order valence-electron chi connectivity index (χ0n) is 22.3. The number of nitrogens with zero attached hydrogens (tertiary/aromatic N) is 2. The number of carbonyl (C=O) groups excluding carboxylic acids is 1. The fraction of sp³-hybridized carbons (Fsp3) is 0.406. The van der Waals surface area contributed by atoms with Crippen LogP contribution in [0.5, 0.6) is 0 Å². The zero-order valence-corrected chi connectivity index (χ0v) is 22.3. The van der Waals surface area contributed by atoms with Crippen molar-refractivity contribution in [3.63, 3.8) is 0 Å². The SMILES string of the molecule is CC(C)(C)OC(=O)N1CCC[C@H]1[C@@H](O)[C@H](Cc1ccccc1)N(Cc1ccccc1)Cc1ccccc1. The summed E-state index contributed by atoms with van der Waals surface area (Å²) in [6.07, 6.45) is 1.22. The van der Waals surface area contributed by atoms with Crippen molar-refractivity contribution in [2.75, 3.05) is 6.54 Å². The number of benzene rings is 3. The van der Waals surface area contributed by atoms with Crippen LogP contribution in [0.3, 0.4) is 0 Å². The average molecular weight is 501 g/mol. The van der Waals surface area contributed by atoms with E-state index in [1.54, 1.807) is 4.90 Å². The van der Waals surface area contributed by atoms with Gasteiger partial charge in [-0.05, 0) is 56.7 Å². The molecule has 1 heterocycles. The molecule has 1 saturated heterocycles. The van der Waals surface area contributed by atoms with Gasteiger partial charge in [0.1, 0.15) is 5.60 Å². The number of rotatable bonds is 9. The van der Waals surface area contributed by atoms with Crippen LogP contribution in [0.2, 0.25) is 0 Å². The van der Waals surface area contributed by atoms with E-state index in [4.69, 9.17) is 4.74 Å². The van der Waals surface area contributed by atoms with E-state index in [1.807, 2.05) is 51.1 Å². The van der Waals surface area contributed by atoms with Crippen LogP contribution in [0.4, 0.5) is 4.79 Å². The van der Waals surface area contributed by atoms with Crippen molar-refractivity contribution in [3.05, 3.63) is 108 Å². The lowest BCUT2D eigenvalue weighted by molar-refractivity contribution is -0.0250. The average Bonchev–Trinajstić information content (AvgIpc) is 3.38. The van der Waals surface area contributed by atoms with Crippen LogP contribution in [-0.2, 0) is 24.2 Å². The summed E-state index contributed by atoms with van der Waals surface area (Å²) in [5.74, 6) is 0. The Morgan fingerprint density at radius 2 is 1.38 bits per heavy atom. The van der Waals surface area contributed by atoms with Crippen molar-refractivity contribution in [2.24, 2.45) is 0 Å². The monoisotopic (exact) mass is 500 g/mol. The summed E-state index contributed by atoms with van der Waals surface area (Å²) in [5, 5.41) is 12.0. The molecule has 4 rings (SSSR count). The molecular formula is C32H40N2O3. The van der Waals surface area contributed by atoms with E-state index in [1.165, 1.54) is 16.7 Å². The standard InChI is InChI=1S/C32H40N2O3/c1-32(2,3)37-31(36)34-21-13-20-28(34)30(35)29(22-25-14-7-4-8-15-25)33(23-26-16-9-5-10-17-26)24-27-18-11-6-12-19-27/h4-12,14-19,28-30,35H,13,20-24H2,1-3H3/t28-,29-,30+/m0/s1. The number of ether oxygens (including phenoxy) is 1. The highest BCUT2D eigenvalue weighted by Crippen LogP contribution is 2.29. The molecule has 3 aromatic rings. The first kappa shape index (κ1) is 26.9. The summed E-state index contributed by atoms with van der Waals surface area (Å²) >= 11 is 0. The smallest absolute Gasteiger partial charge is 0.410 e. The Balaban J connectivity index is 1.67. The lowest BCUT2D eigenvalue weighted by Gasteiger charge is -2.40. The molecule has 0 saturated carbocycles. The number of aliphatic hydroxyl groups excluding tert-OH is 1. The van der Waals surface area contributed by atoms with Gasteiger partial charge in [0.2, 0.25) is 0 Å². The van der Waals surface area contributed by atoms with E-state index in [-0.39, 0.29) is 18.2 Å². The number of carbonyl (C=O) groups is 1. The first-order valence-corrected chi connectivity index (χ1v) is 13.3. The first-order valence-electron chi connectivity index (χ1n) is 13.3. The van der Waals surface area contributed by atoms with E-state index in [0.717, 1.165) is 12.8 Å². The molecule has 3 atom stereocenters. The third-order valence-electron chi connectivity index (χ3n) is 6.93. The van der Waals surface area contributed by atoms with Gasteiger partial charge in [-0.25, -0.2) is 4.79 Å². The Hall–Kier alpha value is -3.15. The second kappa shape index (κ2) is 12.4. The number of hydrogen-bond acceptors (Lipinski definition) is 4. The van der Waals surface area contributed by atoms with E-state index >= 15 is 0 Å². The summed E-state index contributed by atoms with van der Waals surface area (Å²) in [7, 11) is 0. The van der Waals surface area contributed by atoms with Crippen molar-refractivity contribution in [1.82, 2.24) is 9.80 Å². The van der Waals surface area contributed by atoms with Gasteiger partial charge < -0.3 is 14.7 Å². The predicted molar refractivity (Wildman–Crippen MR) is 148 cm³/mol. The minimum absolute atomic E-state index is 0.198. The maximum atomic E-state index is 13.1. The van der Waals surface area contributed by atoms with Gasteiger partial charge in [0.15, 0.2) is 0 Å². The van der Waals surface area contributed by atoms with E-state index in [2.05, 4.69) is 65.6 Å². The lowest BCUT2D eigenvalue weighted by Crippen LogP contribution is -2.54. The quantitative estimate of drug-likeness (QED) is 0.388. The number of amides is 1. The molecule has 1 aliphatic rings. The fourth-order valence-corrected chi connectivity index (χ4v) is 5.20. The van der Waals surface area contributed by atoms with Gasteiger partial charge in [0.05, 0.1) is 12.1 Å². The summed E-state index contributed by atoms with van der Waals surface area (Å²) in [6.45, 7) is 7.64. The third kappa shape index (κ3) is 7.67. The Morgan fingerprint density at radius 1 is 0.892 bits per heavy atom. The molecule has 1 amide bonds. The van der Waals surface area contributed by atoms with Gasteiger partial charge in [-0.2, -0.15) is 0 Å². The van der Waals surface area contributed by atoms with Gasteiger partial charge in [-0.1, -0.05) is 91.0 Å². The number of likely N-dealkylation sites (tertiary alicyclic amines) is 1. The number of aliphatic hydroxyl groups is 1. The van der Waals surface area contributed by atoms with Crippen LogP contribution in [-0.4, -0.2) is 51.3 Å². The van der Waals surface area contributed by atoms with Gasteiger partial charge in [0.25, 0.3) is 0 Å². The van der Waals surface area contributed by atoms with Crippen LogP contribution in [0.15, 0.2) is 91.0 Å². The van der Waals surface area contributed by atoms with Crippen molar-refractivity contribution in [1.29, 1.82) is 0 Å². The largest absolute Gasteiger partial charge is 0.444 e. The molecule has 196 valence electrons. The third-order valence-corrected chi connectivity index (χ3v) is 6.93. The molecule has 0 radical (unpaired) electrons. The molecule has 37 heavy (non-hydrogen) atoms. The predicted octanol–water partition coefficient (Wildman–Crippen LogP) is 6.06. The molecule has 5 heteroatoms.